The summed E-state index contributed by atoms with van der Waals surface area (Å²) in [6, 6.07) is 0.654. The number of piperazine rings is 1. The fourth-order valence-electron chi connectivity index (χ4n) is 4.43. The van der Waals surface area contributed by atoms with Gasteiger partial charge in [0, 0.05) is 50.7 Å². The number of aromatic nitrogens is 1. The van der Waals surface area contributed by atoms with Gasteiger partial charge in [-0.2, -0.15) is 0 Å². The van der Waals surface area contributed by atoms with Gasteiger partial charge in [0.05, 0.1) is 0 Å². The number of amides is 1. The van der Waals surface area contributed by atoms with Gasteiger partial charge in [0.1, 0.15) is 5.76 Å². The van der Waals surface area contributed by atoms with Crippen LogP contribution in [0.4, 0.5) is 0 Å². The Morgan fingerprint density at radius 3 is 2.67 bits per heavy atom. The van der Waals surface area contributed by atoms with Gasteiger partial charge in [-0.15, -0.1) is 0 Å². The summed E-state index contributed by atoms with van der Waals surface area (Å²) in [5.41, 5.74) is 1.65. The van der Waals surface area contributed by atoms with Crippen LogP contribution >= 0.6 is 0 Å². The molecule has 0 saturated carbocycles. The first-order valence-corrected chi connectivity index (χ1v) is 9.41. The molecule has 0 N–H and O–H groups in total. The summed E-state index contributed by atoms with van der Waals surface area (Å²) in [5.74, 6) is 1.01. The molecule has 0 radical (unpaired) electrons. The van der Waals surface area contributed by atoms with Gasteiger partial charge in [0.25, 0.3) is 5.91 Å². The van der Waals surface area contributed by atoms with Crippen molar-refractivity contribution in [1.29, 1.82) is 0 Å². The third kappa shape index (κ3) is 3.09. The van der Waals surface area contributed by atoms with Crippen molar-refractivity contribution in [2.45, 2.75) is 44.6 Å². The van der Waals surface area contributed by atoms with E-state index in [2.05, 4.69) is 22.0 Å². The number of hydrogen-bond donors (Lipinski definition) is 0. The number of rotatable bonds is 2. The topological polar surface area (TPSA) is 52.8 Å². The Kier molecular flexibility index (Phi) is 4.59. The molecule has 3 heterocycles. The predicted octanol–water partition coefficient (Wildman–Crippen LogP) is 1.41. The molecular weight excluding hydrogens is 304 g/mol. The zero-order valence-electron chi connectivity index (χ0n) is 14.7. The standard InChI is InChI=1S/C18H28N4O2/c1-20-8-4-5-14(13-20)21-9-11-22(12-10-21)18(23)17-15-6-2-3-7-16(15)24-19-17/h14H,2-13H2,1H3. The van der Waals surface area contributed by atoms with E-state index in [-0.39, 0.29) is 5.91 Å². The normalized spacial score (nSPS) is 26.4. The molecule has 1 aliphatic carbocycles. The summed E-state index contributed by atoms with van der Waals surface area (Å²) in [6.07, 6.45) is 6.72. The lowest BCUT2D eigenvalue weighted by Gasteiger charge is -2.42. The van der Waals surface area contributed by atoms with Gasteiger partial charge in [-0.05, 0) is 45.7 Å². The molecule has 0 aromatic carbocycles. The third-order valence-electron chi connectivity index (χ3n) is 5.87. The highest BCUT2D eigenvalue weighted by Gasteiger charge is 2.32. The molecule has 2 fully saturated rings. The smallest absolute Gasteiger partial charge is 0.276 e. The van der Waals surface area contributed by atoms with Crippen LogP contribution in [0.1, 0.15) is 47.5 Å². The second-order valence-corrected chi connectivity index (χ2v) is 7.53. The molecule has 0 spiro atoms. The lowest BCUT2D eigenvalue weighted by atomic mass is 9.96. The molecule has 1 atom stereocenters. The minimum atomic E-state index is 0.0716. The number of carbonyl (C=O) groups is 1. The molecule has 24 heavy (non-hydrogen) atoms. The van der Waals surface area contributed by atoms with Crippen molar-refractivity contribution in [2.75, 3.05) is 46.3 Å². The van der Waals surface area contributed by atoms with Crippen LogP contribution in [-0.4, -0.2) is 78.1 Å². The van der Waals surface area contributed by atoms with E-state index >= 15 is 0 Å². The van der Waals surface area contributed by atoms with Gasteiger partial charge in [0.15, 0.2) is 5.69 Å². The molecule has 0 bridgehead atoms. The Morgan fingerprint density at radius 1 is 1.08 bits per heavy atom. The number of nitrogens with zero attached hydrogens (tertiary/aromatic N) is 4. The predicted molar refractivity (Wildman–Crippen MR) is 91.1 cm³/mol. The van der Waals surface area contributed by atoms with Gasteiger partial charge >= 0.3 is 0 Å². The SMILES string of the molecule is CN1CCCC(N2CCN(C(=O)c3noc4c3CCCC4)CC2)C1. The van der Waals surface area contributed by atoms with Crippen LogP contribution in [0, 0.1) is 0 Å². The number of hydrogen-bond acceptors (Lipinski definition) is 5. The molecular formula is C18H28N4O2. The molecule has 6 nitrogen and oxygen atoms in total. The Bertz CT molecular complexity index is 592. The molecule has 6 heteroatoms. The highest BCUT2D eigenvalue weighted by molar-refractivity contribution is 5.94. The Hall–Kier alpha value is -1.40. The largest absolute Gasteiger partial charge is 0.360 e. The van der Waals surface area contributed by atoms with Crippen LogP contribution in [0.5, 0.6) is 0 Å². The number of likely N-dealkylation sites (tertiary alicyclic amines) is 1. The van der Waals surface area contributed by atoms with Crippen molar-refractivity contribution < 1.29 is 9.32 Å². The van der Waals surface area contributed by atoms with Gasteiger partial charge in [-0.3, -0.25) is 9.69 Å². The van der Waals surface area contributed by atoms with Gasteiger partial charge < -0.3 is 14.3 Å². The number of piperidine rings is 1. The number of likely N-dealkylation sites (N-methyl/N-ethyl adjacent to an activating group) is 1. The molecule has 3 aliphatic rings. The fraction of sp³-hybridized carbons (Fsp3) is 0.778. The number of carbonyl (C=O) groups excluding carboxylic acids is 1. The van der Waals surface area contributed by atoms with E-state index in [4.69, 9.17) is 4.52 Å². The van der Waals surface area contributed by atoms with Crippen LogP contribution < -0.4 is 0 Å². The zero-order valence-corrected chi connectivity index (χ0v) is 14.7. The Morgan fingerprint density at radius 2 is 1.88 bits per heavy atom. The van der Waals surface area contributed by atoms with Gasteiger partial charge in [-0.25, -0.2) is 0 Å². The van der Waals surface area contributed by atoms with E-state index in [9.17, 15) is 4.79 Å². The average Bonchev–Trinajstić information content (AvgIpc) is 3.05. The summed E-state index contributed by atoms with van der Waals surface area (Å²) in [7, 11) is 2.21. The van der Waals surface area contributed by atoms with Gasteiger partial charge in [0.2, 0.25) is 0 Å². The van der Waals surface area contributed by atoms with Crippen molar-refractivity contribution in [2.24, 2.45) is 0 Å². The maximum Gasteiger partial charge on any atom is 0.276 e. The van der Waals surface area contributed by atoms with Crippen molar-refractivity contribution in [3.05, 3.63) is 17.0 Å². The van der Waals surface area contributed by atoms with E-state index in [1.165, 1.54) is 19.4 Å². The van der Waals surface area contributed by atoms with E-state index in [0.29, 0.717) is 11.7 Å². The highest BCUT2D eigenvalue weighted by Crippen LogP contribution is 2.25. The van der Waals surface area contributed by atoms with E-state index in [0.717, 1.165) is 69.7 Å². The monoisotopic (exact) mass is 332 g/mol. The highest BCUT2D eigenvalue weighted by atomic mass is 16.5. The van der Waals surface area contributed by atoms with Crippen LogP contribution in [-0.2, 0) is 12.8 Å². The van der Waals surface area contributed by atoms with Crippen LogP contribution in [0.2, 0.25) is 0 Å². The van der Waals surface area contributed by atoms with E-state index in [1.807, 2.05) is 4.90 Å². The first-order valence-electron chi connectivity index (χ1n) is 9.41. The van der Waals surface area contributed by atoms with Crippen LogP contribution in [0.25, 0.3) is 0 Å². The van der Waals surface area contributed by atoms with Crippen LogP contribution in [0.3, 0.4) is 0 Å². The van der Waals surface area contributed by atoms with Gasteiger partial charge in [-0.1, -0.05) is 5.16 Å². The van der Waals surface area contributed by atoms with Crippen molar-refractivity contribution >= 4 is 5.91 Å². The number of aryl methyl sites for hydroxylation is 1. The summed E-state index contributed by atoms with van der Waals surface area (Å²) in [5, 5.41) is 4.11. The average molecular weight is 332 g/mol. The Balaban J connectivity index is 1.37. The first kappa shape index (κ1) is 16.1. The fourth-order valence-corrected chi connectivity index (χ4v) is 4.43. The van der Waals surface area contributed by atoms with Crippen molar-refractivity contribution in [1.82, 2.24) is 19.9 Å². The van der Waals surface area contributed by atoms with E-state index in [1.54, 1.807) is 0 Å². The minimum absolute atomic E-state index is 0.0716. The lowest BCUT2D eigenvalue weighted by Crippen LogP contribution is -2.55. The molecule has 1 aromatic rings. The summed E-state index contributed by atoms with van der Waals surface area (Å²) < 4.78 is 5.41. The minimum Gasteiger partial charge on any atom is -0.360 e. The third-order valence-corrected chi connectivity index (χ3v) is 5.87. The molecule has 1 unspecified atom stereocenters. The van der Waals surface area contributed by atoms with E-state index < -0.39 is 0 Å². The molecule has 2 aliphatic heterocycles. The summed E-state index contributed by atoms with van der Waals surface area (Å²) in [4.78, 5) is 19.8. The quantitative estimate of drug-likeness (QED) is 0.819. The zero-order chi connectivity index (χ0) is 16.5. The molecule has 132 valence electrons. The first-order chi connectivity index (χ1) is 11.7. The van der Waals surface area contributed by atoms with Crippen molar-refractivity contribution in [3.63, 3.8) is 0 Å². The molecule has 1 aromatic heterocycles. The number of fused-ring (bicyclic) bond motifs is 1. The summed E-state index contributed by atoms with van der Waals surface area (Å²) >= 11 is 0. The molecule has 4 rings (SSSR count). The van der Waals surface area contributed by atoms with Crippen LogP contribution in [0.15, 0.2) is 4.52 Å². The second kappa shape index (κ2) is 6.84. The van der Waals surface area contributed by atoms with Crippen molar-refractivity contribution in [3.8, 4) is 0 Å². The lowest BCUT2D eigenvalue weighted by molar-refractivity contribution is 0.0444. The Labute approximate surface area is 143 Å². The maximum absolute atomic E-state index is 12.8. The maximum atomic E-state index is 12.8. The summed E-state index contributed by atoms with van der Waals surface area (Å²) in [6.45, 7) is 5.94. The second-order valence-electron chi connectivity index (χ2n) is 7.53. The molecule has 2 saturated heterocycles. The molecule has 1 amide bonds.